The summed E-state index contributed by atoms with van der Waals surface area (Å²) >= 11 is 1.52. The van der Waals surface area contributed by atoms with E-state index in [-0.39, 0.29) is 11.7 Å². The van der Waals surface area contributed by atoms with E-state index in [1.54, 1.807) is 29.1 Å². The summed E-state index contributed by atoms with van der Waals surface area (Å²) in [4.78, 5) is 16.8. The van der Waals surface area contributed by atoms with Crippen LogP contribution in [0.1, 0.15) is 15.9 Å². The molecule has 1 amide bonds. The summed E-state index contributed by atoms with van der Waals surface area (Å²) in [5.74, 6) is -0.0499. The highest BCUT2D eigenvalue weighted by molar-refractivity contribution is 7.20. The summed E-state index contributed by atoms with van der Waals surface area (Å²) in [5, 5.41) is 17.2. The number of rotatable bonds is 4. The van der Waals surface area contributed by atoms with Crippen LogP contribution in [0.15, 0.2) is 60.9 Å². The third-order valence-electron chi connectivity index (χ3n) is 3.69. The number of thiazole rings is 1. The fourth-order valence-corrected chi connectivity index (χ4v) is 3.35. The lowest BCUT2D eigenvalue weighted by atomic mass is 10.2. The summed E-state index contributed by atoms with van der Waals surface area (Å²) in [6.45, 7) is 0.333. The molecule has 0 unspecified atom stereocenters. The van der Waals surface area contributed by atoms with Gasteiger partial charge < -0.3 is 10.4 Å². The van der Waals surface area contributed by atoms with Gasteiger partial charge >= 0.3 is 0 Å². The topological polar surface area (TPSA) is 80.0 Å². The number of aromatic hydroxyl groups is 1. The van der Waals surface area contributed by atoms with Gasteiger partial charge in [-0.25, -0.2) is 9.67 Å². The van der Waals surface area contributed by atoms with E-state index in [2.05, 4.69) is 15.4 Å². The number of amides is 1. The lowest BCUT2D eigenvalue weighted by molar-refractivity contribution is 0.0951. The van der Waals surface area contributed by atoms with Gasteiger partial charge in [0, 0.05) is 12.7 Å². The number of carbonyl (C=O) groups is 1. The first kappa shape index (κ1) is 15.3. The molecule has 0 spiro atoms. The van der Waals surface area contributed by atoms with Gasteiger partial charge in [-0.05, 0) is 29.8 Å². The van der Waals surface area contributed by atoms with Crippen molar-refractivity contribution in [2.24, 2.45) is 0 Å². The zero-order valence-electron chi connectivity index (χ0n) is 13.1. The Balaban J connectivity index is 1.49. The second-order valence-electron chi connectivity index (χ2n) is 5.49. The fourth-order valence-electron chi connectivity index (χ4n) is 2.45. The molecular formula is C18H14N4O2S. The average molecular weight is 350 g/mol. The van der Waals surface area contributed by atoms with Crippen LogP contribution in [0.3, 0.4) is 0 Å². The molecule has 0 aliphatic rings. The Morgan fingerprint density at radius 2 is 2.08 bits per heavy atom. The van der Waals surface area contributed by atoms with Crippen molar-refractivity contribution < 1.29 is 9.90 Å². The monoisotopic (exact) mass is 350 g/mol. The summed E-state index contributed by atoms with van der Waals surface area (Å²) in [6, 6.07) is 14.6. The highest BCUT2D eigenvalue weighted by Crippen LogP contribution is 2.24. The number of para-hydroxylation sites is 1. The molecule has 0 aliphatic carbocycles. The predicted octanol–water partition coefficient (Wildman–Crippen LogP) is 3.12. The first-order chi connectivity index (χ1) is 12.2. The molecule has 2 heterocycles. The Kier molecular flexibility index (Phi) is 3.91. The Morgan fingerprint density at radius 1 is 1.20 bits per heavy atom. The highest BCUT2D eigenvalue weighted by Gasteiger charge is 2.12. The summed E-state index contributed by atoms with van der Waals surface area (Å²) < 4.78 is 2.68. The molecule has 6 nitrogen and oxygen atoms in total. The van der Waals surface area contributed by atoms with Gasteiger partial charge in [-0.15, -0.1) is 0 Å². The number of carbonyl (C=O) groups excluding carboxylic acids is 1. The lowest BCUT2D eigenvalue weighted by Gasteiger charge is -2.04. The molecule has 0 saturated carbocycles. The summed E-state index contributed by atoms with van der Waals surface area (Å²) in [5.41, 5.74) is 2.19. The van der Waals surface area contributed by atoms with Crippen molar-refractivity contribution in [3.63, 3.8) is 0 Å². The number of phenols is 1. The molecule has 0 fully saturated rings. The van der Waals surface area contributed by atoms with Crippen LogP contribution in [0.4, 0.5) is 0 Å². The van der Waals surface area contributed by atoms with Crippen LogP contribution < -0.4 is 5.32 Å². The van der Waals surface area contributed by atoms with E-state index >= 15 is 0 Å². The Morgan fingerprint density at radius 3 is 2.92 bits per heavy atom. The Hall–Kier alpha value is -3.19. The molecule has 2 N–H and O–H groups in total. The van der Waals surface area contributed by atoms with Crippen molar-refractivity contribution in [3.05, 3.63) is 72.1 Å². The molecule has 4 aromatic rings. The van der Waals surface area contributed by atoms with Crippen molar-refractivity contribution in [2.45, 2.75) is 6.54 Å². The maximum Gasteiger partial charge on any atom is 0.254 e. The second kappa shape index (κ2) is 6.37. The molecule has 0 saturated heterocycles. The molecule has 0 atom stereocenters. The molecule has 124 valence electrons. The normalized spacial score (nSPS) is 10.9. The average Bonchev–Trinajstić information content (AvgIpc) is 3.26. The van der Waals surface area contributed by atoms with Crippen LogP contribution >= 0.6 is 11.3 Å². The SMILES string of the molecule is O=C(NCc1cccc(O)c1)c1cnn(-c2nc3ccccc3s2)c1. The molecule has 0 bridgehead atoms. The van der Waals surface area contributed by atoms with Gasteiger partial charge in [0.1, 0.15) is 5.75 Å². The van der Waals surface area contributed by atoms with Gasteiger partial charge in [-0.1, -0.05) is 35.6 Å². The van der Waals surface area contributed by atoms with Crippen LogP contribution in [0.5, 0.6) is 5.75 Å². The Labute approximate surface area is 147 Å². The number of fused-ring (bicyclic) bond motifs is 1. The van der Waals surface area contributed by atoms with Gasteiger partial charge in [0.05, 0.1) is 22.0 Å². The zero-order valence-corrected chi connectivity index (χ0v) is 13.9. The first-order valence-corrected chi connectivity index (χ1v) is 8.47. The number of nitrogens with zero attached hydrogens (tertiary/aromatic N) is 3. The van der Waals surface area contributed by atoms with Crippen LogP contribution in [0.2, 0.25) is 0 Å². The number of phenolic OH excluding ortho intramolecular Hbond substituents is 1. The van der Waals surface area contributed by atoms with Gasteiger partial charge in [-0.2, -0.15) is 5.10 Å². The molecule has 2 aromatic heterocycles. The maximum absolute atomic E-state index is 12.3. The standard InChI is InChI=1S/C18H14N4O2S/c23-14-5-3-4-12(8-14)9-19-17(24)13-10-20-22(11-13)18-21-15-6-1-2-7-16(15)25-18/h1-8,10-11,23H,9H2,(H,19,24). The minimum Gasteiger partial charge on any atom is -0.508 e. The van der Waals surface area contributed by atoms with Crippen molar-refractivity contribution in [1.29, 1.82) is 0 Å². The first-order valence-electron chi connectivity index (χ1n) is 7.66. The van der Waals surface area contributed by atoms with E-state index in [0.717, 1.165) is 15.8 Å². The third-order valence-corrected chi connectivity index (χ3v) is 4.71. The van der Waals surface area contributed by atoms with E-state index in [0.29, 0.717) is 17.2 Å². The molecule has 25 heavy (non-hydrogen) atoms. The minimum atomic E-state index is -0.226. The molecule has 7 heteroatoms. The highest BCUT2D eigenvalue weighted by atomic mass is 32.1. The van der Waals surface area contributed by atoms with Crippen molar-refractivity contribution in [2.75, 3.05) is 0 Å². The number of hydrogen-bond acceptors (Lipinski definition) is 5. The summed E-state index contributed by atoms with van der Waals surface area (Å²) in [7, 11) is 0. The minimum absolute atomic E-state index is 0.176. The van der Waals surface area contributed by atoms with Gasteiger partial charge in [0.15, 0.2) is 0 Å². The second-order valence-corrected chi connectivity index (χ2v) is 6.50. The number of hydrogen-bond donors (Lipinski definition) is 2. The molecule has 2 aromatic carbocycles. The fraction of sp³-hybridized carbons (Fsp3) is 0.0556. The maximum atomic E-state index is 12.3. The van der Waals surface area contributed by atoms with Crippen molar-refractivity contribution >= 4 is 27.5 Å². The molecule has 0 aliphatic heterocycles. The van der Waals surface area contributed by atoms with Crippen molar-refractivity contribution in [3.8, 4) is 10.9 Å². The summed E-state index contributed by atoms with van der Waals surface area (Å²) in [6.07, 6.45) is 3.18. The lowest BCUT2D eigenvalue weighted by Crippen LogP contribution is -2.22. The Bertz CT molecular complexity index is 1020. The van der Waals surface area contributed by atoms with E-state index in [1.807, 2.05) is 30.3 Å². The smallest absolute Gasteiger partial charge is 0.254 e. The van der Waals surface area contributed by atoms with Gasteiger partial charge in [-0.3, -0.25) is 4.79 Å². The predicted molar refractivity (Wildman–Crippen MR) is 96.0 cm³/mol. The van der Waals surface area contributed by atoms with E-state index in [1.165, 1.54) is 17.5 Å². The van der Waals surface area contributed by atoms with Crippen LogP contribution in [-0.2, 0) is 6.54 Å². The van der Waals surface area contributed by atoms with Crippen LogP contribution in [0, 0.1) is 0 Å². The zero-order chi connectivity index (χ0) is 17.2. The van der Waals surface area contributed by atoms with Gasteiger partial charge in [0.25, 0.3) is 5.91 Å². The largest absolute Gasteiger partial charge is 0.508 e. The van der Waals surface area contributed by atoms with E-state index in [4.69, 9.17) is 0 Å². The van der Waals surface area contributed by atoms with Crippen LogP contribution in [0.25, 0.3) is 15.3 Å². The molecule has 0 radical (unpaired) electrons. The van der Waals surface area contributed by atoms with E-state index in [9.17, 15) is 9.90 Å². The van der Waals surface area contributed by atoms with Crippen molar-refractivity contribution in [1.82, 2.24) is 20.1 Å². The number of benzene rings is 2. The third kappa shape index (κ3) is 3.22. The quantitative estimate of drug-likeness (QED) is 0.593. The van der Waals surface area contributed by atoms with Gasteiger partial charge in [0.2, 0.25) is 5.13 Å². The molecular weight excluding hydrogens is 336 g/mol. The van der Waals surface area contributed by atoms with E-state index < -0.39 is 0 Å². The number of aromatic nitrogens is 3. The van der Waals surface area contributed by atoms with Crippen LogP contribution in [-0.4, -0.2) is 25.8 Å². The molecule has 4 rings (SSSR count). The number of nitrogens with one attached hydrogen (secondary N) is 1.